The molecular formula is C28H44O3. The Morgan fingerprint density at radius 1 is 1.19 bits per heavy atom. The van der Waals surface area contributed by atoms with E-state index in [1.54, 1.807) is 0 Å². The molecule has 5 aliphatic carbocycles. The number of aliphatic hydroxyl groups is 1. The number of aliphatic hydroxyl groups excluding tert-OH is 1. The molecule has 0 bridgehead atoms. The van der Waals surface area contributed by atoms with Crippen LogP contribution in [0, 0.1) is 51.2 Å². The number of ether oxygens (including phenoxy) is 1. The highest BCUT2D eigenvalue weighted by Crippen LogP contribution is 2.87. The molecule has 0 amide bonds. The average Bonchev–Trinajstić information content (AvgIpc) is 3.35. The molecule has 4 saturated carbocycles. The molecule has 3 heteroatoms. The Hall–Kier alpha value is -0.670. The molecule has 0 saturated heterocycles. The Morgan fingerprint density at radius 3 is 2.61 bits per heavy atom. The van der Waals surface area contributed by atoms with Crippen LogP contribution in [0.4, 0.5) is 0 Å². The zero-order chi connectivity index (χ0) is 22.4. The van der Waals surface area contributed by atoms with Crippen LogP contribution in [0.5, 0.6) is 0 Å². The highest BCUT2D eigenvalue weighted by molar-refractivity contribution is 5.93. The third kappa shape index (κ3) is 2.52. The second-order valence-electron chi connectivity index (χ2n) is 12.5. The molecule has 2 spiro atoms. The van der Waals surface area contributed by atoms with Crippen LogP contribution in [0.25, 0.3) is 0 Å². The number of fused-ring (bicyclic) bond motifs is 2. The van der Waals surface area contributed by atoms with Gasteiger partial charge in [-0.2, -0.15) is 0 Å². The molecule has 11 atom stereocenters. The quantitative estimate of drug-likeness (QED) is 0.602. The summed E-state index contributed by atoms with van der Waals surface area (Å²) in [5.74, 6) is 2.48. The number of carbonyl (C=O) groups is 1. The SMILES string of the molecule is CCOC1CC2(C)C3CCC4C(C)C(=O)C=CC45CC35CCC2(C)C1C(C)C(O)CC. The first-order chi connectivity index (χ1) is 14.6. The lowest BCUT2D eigenvalue weighted by molar-refractivity contribution is -0.137. The molecule has 31 heavy (non-hydrogen) atoms. The molecule has 0 aliphatic heterocycles. The van der Waals surface area contributed by atoms with Gasteiger partial charge in [0, 0.05) is 12.5 Å². The van der Waals surface area contributed by atoms with E-state index in [0.29, 0.717) is 29.0 Å². The Morgan fingerprint density at radius 2 is 1.94 bits per heavy atom. The van der Waals surface area contributed by atoms with Gasteiger partial charge in [0.2, 0.25) is 0 Å². The third-order valence-corrected chi connectivity index (χ3v) is 12.0. The zero-order valence-electron chi connectivity index (χ0n) is 20.6. The van der Waals surface area contributed by atoms with Crippen molar-refractivity contribution in [2.75, 3.05) is 6.61 Å². The molecule has 0 aromatic rings. The van der Waals surface area contributed by atoms with Crippen LogP contribution in [0.3, 0.4) is 0 Å². The summed E-state index contributed by atoms with van der Waals surface area (Å²) in [4.78, 5) is 12.5. The van der Waals surface area contributed by atoms with Crippen molar-refractivity contribution in [2.24, 2.45) is 51.2 Å². The summed E-state index contributed by atoms with van der Waals surface area (Å²) in [6.07, 6.45) is 12.5. The van der Waals surface area contributed by atoms with Gasteiger partial charge in [-0.3, -0.25) is 4.79 Å². The lowest BCUT2D eigenvalue weighted by Crippen LogP contribution is -2.55. The Balaban J connectivity index is 1.54. The fourth-order valence-corrected chi connectivity index (χ4v) is 10.3. The fraction of sp³-hybridized carbons (Fsp3) is 0.893. The van der Waals surface area contributed by atoms with Crippen LogP contribution in [0.1, 0.15) is 86.5 Å². The van der Waals surface area contributed by atoms with Gasteiger partial charge in [0.25, 0.3) is 0 Å². The van der Waals surface area contributed by atoms with E-state index in [-0.39, 0.29) is 40.3 Å². The van der Waals surface area contributed by atoms with E-state index in [4.69, 9.17) is 4.74 Å². The third-order valence-electron chi connectivity index (χ3n) is 12.0. The van der Waals surface area contributed by atoms with Gasteiger partial charge in [-0.1, -0.05) is 40.7 Å². The summed E-state index contributed by atoms with van der Waals surface area (Å²) in [5.41, 5.74) is 1.12. The second kappa shape index (κ2) is 6.92. The zero-order valence-corrected chi connectivity index (χ0v) is 20.6. The predicted octanol–water partition coefficient (Wildman–Crippen LogP) is 5.80. The van der Waals surface area contributed by atoms with Gasteiger partial charge in [-0.05, 0) is 103 Å². The first kappa shape index (κ1) is 22.1. The van der Waals surface area contributed by atoms with Crippen LogP contribution >= 0.6 is 0 Å². The summed E-state index contributed by atoms with van der Waals surface area (Å²) >= 11 is 0. The highest BCUT2D eigenvalue weighted by Gasteiger charge is 2.81. The van der Waals surface area contributed by atoms with Crippen molar-refractivity contribution in [2.45, 2.75) is 98.7 Å². The van der Waals surface area contributed by atoms with Crippen LogP contribution in [0.15, 0.2) is 12.2 Å². The maximum atomic E-state index is 12.5. The molecule has 0 heterocycles. The molecule has 5 aliphatic rings. The van der Waals surface area contributed by atoms with Crippen molar-refractivity contribution < 1.29 is 14.6 Å². The summed E-state index contributed by atoms with van der Waals surface area (Å²) in [6, 6.07) is 0. The van der Waals surface area contributed by atoms with E-state index in [0.717, 1.165) is 19.4 Å². The number of rotatable bonds is 5. The van der Waals surface area contributed by atoms with E-state index in [1.165, 1.54) is 32.1 Å². The fourth-order valence-electron chi connectivity index (χ4n) is 10.3. The largest absolute Gasteiger partial charge is 0.393 e. The molecule has 4 fully saturated rings. The van der Waals surface area contributed by atoms with Gasteiger partial charge < -0.3 is 9.84 Å². The summed E-state index contributed by atoms with van der Waals surface area (Å²) in [7, 11) is 0. The second-order valence-corrected chi connectivity index (χ2v) is 12.5. The minimum Gasteiger partial charge on any atom is -0.393 e. The van der Waals surface area contributed by atoms with Gasteiger partial charge in [-0.25, -0.2) is 0 Å². The molecule has 3 nitrogen and oxygen atoms in total. The summed E-state index contributed by atoms with van der Waals surface area (Å²) < 4.78 is 6.45. The van der Waals surface area contributed by atoms with E-state index in [2.05, 4.69) is 47.6 Å². The maximum Gasteiger partial charge on any atom is 0.158 e. The van der Waals surface area contributed by atoms with Gasteiger partial charge in [0.1, 0.15) is 0 Å². The molecule has 1 N–H and O–H groups in total. The Kier molecular flexibility index (Phi) is 4.94. The van der Waals surface area contributed by atoms with Crippen LogP contribution in [-0.2, 0) is 9.53 Å². The van der Waals surface area contributed by atoms with E-state index in [9.17, 15) is 9.90 Å². The van der Waals surface area contributed by atoms with E-state index in [1.807, 2.05) is 6.08 Å². The normalized spacial score (nSPS) is 54.4. The summed E-state index contributed by atoms with van der Waals surface area (Å²) in [5, 5.41) is 10.9. The minimum atomic E-state index is -0.251. The topological polar surface area (TPSA) is 46.5 Å². The monoisotopic (exact) mass is 428 g/mol. The summed E-state index contributed by atoms with van der Waals surface area (Å²) in [6.45, 7) is 14.6. The number of hydrogen-bond donors (Lipinski definition) is 1. The van der Waals surface area contributed by atoms with Crippen LogP contribution in [-0.4, -0.2) is 29.7 Å². The van der Waals surface area contributed by atoms with Crippen molar-refractivity contribution in [3.05, 3.63) is 12.2 Å². The number of allylic oxidation sites excluding steroid dienone is 2. The lowest BCUT2D eigenvalue weighted by atomic mass is 9.43. The Bertz CT molecular complexity index is 789. The van der Waals surface area contributed by atoms with E-state index >= 15 is 0 Å². The minimum absolute atomic E-state index is 0.193. The number of ketones is 1. The van der Waals surface area contributed by atoms with Crippen molar-refractivity contribution in [1.29, 1.82) is 0 Å². The van der Waals surface area contributed by atoms with Crippen LogP contribution < -0.4 is 0 Å². The van der Waals surface area contributed by atoms with Crippen molar-refractivity contribution in [3.63, 3.8) is 0 Å². The molecule has 11 unspecified atom stereocenters. The van der Waals surface area contributed by atoms with Crippen molar-refractivity contribution in [3.8, 4) is 0 Å². The standard InChI is InChI=1S/C28H44O3/c1-7-20(29)18(4)24-22(31-8-2)15-26(6)23-10-9-19-17(3)21(30)11-12-27(19)16-28(23,27)14-13-25(24,26)5/h11-12,17-20,22-24,29H,7-10,13-16H2,1-6H3. The molecule has 0 radical (unpaired) electrons. The maximum absolute atomic E-state index is 12.5. The van der Waals surface area contributed by atoms with Gasteiger partial charge in [0.05, 0.1) is 12.2 Å². The smallest absolute Gasteiger partial charge is 0.158 e. The van der Waals surface area contributed by atoms with Gasteiger partial charge >= 0.3 is 0 Å². The average molecular weight is 429 g/mol. The molecule has 0 aromatic heterocycles. The predicted molar refractivity (Wildman–Crippen MR) is 123 cm³/mol. The first-order valence-electron chi connectivity index (χ1n) is 13.1. The number of carbonyl (C=O) groups excluding carboxylic acids is 1. The van der Waals surface area contributed by atoms with Gasteiger partial charge in [0.15, 0.2) is 5.78 Å². The molecule has 5 rings (SSSR count). The van der Waals surface area contributed by atoms with Crippen LogP contribution in [0.2, 0.25) is 0 Å². The molecule has 174 valence electrons. The molecule has 0 aromatic carbocycles. The Labute approximate surface area is 189 Å². The van der Waals surface area contributed by atoms with Gasteiger partial charge in [-0.15, -0.1) is 0 Å². The van der Waals surface area contributed by atoms with E-state index < -0.39 is 0 Å². The first-order valence-corrected chi connectivity index (χ1v) is 13.1. The molecular weight excluding hydrogens is 384 g/mol. The lowest BCUT2D eigenvalue weighted by Gasteiger charge is -2.61. The number of hydrogen-bond acceptors (Lipinski definition) is 3. The van der Waals surface area contributed by atoms with Crippen molar-refractivity contribution in [1.82, 2.24) is 0 Å². The van der Waals surface area contributed by atoms with Crippen molar-refractivity contribution >= 4 is 5.78 Å². The highest BCUT2D eigenvalue weighted by atomic mass is 16.5.